The molecule has 1 amide bonds. The maximum absolute atomic E-state index is 12.8. The van der Waals surface area contributed by atoms with Gasteiger partial charge in [-0.15, -0.1) is 10.2 Å². The summed E-state index contributed by atoms with van der Waals surface area (Å²) in [5.74, 6) is 0.897. The van der Waals surface area contributed by atoms with Crippen LogP contribution in [0.5, 0.6) is 0 Å². The van der Waals surface area contributed by atoms with Crippen molar-refractivity contribution in [1.29, 1.82) is 0 Å². The van der Waals surface area contributed by atoms with Crippen LogP contribution in [0.15, 0.2) is 53.7 Å². The third-order valence-corrected chi connectivity index (χ3v) is 6.25. The molecule has 164 valence electrons. The van der Waals surface area contributed by atoms with Gasteiger partial charge in [-0.3, -0.25) is 9.36 Å². The molecule has 8 heteroatoms. The van der Waals surface area contributed by atoms with Crippen molar-refractivity contribution in [2.75, 3.05) is 11.1 Å². The molecule has 7 nitrogen and oxygen atoms in total. The van der Waals surface area contributed by atoms with E-state index >= 15 is 0 Å². The number of nitrogens with zero attached hydrogens (tertiary/aromatic N) is 5. The number of hydrogen-bond acceptors (Lipinski definition) is 5. The van der Waals surface area contributed by atoms with Gasteiger partial charge in [-0.2, -0.15) is 5.10 Å². The van der Waals surface area contributed by atoms with Crippen molar-refractivity contribution < 1.29 is 4.79 Å². The second kappa shape index (κ2) is 9.00. The molecule has 2 aromatic carbocycles. The van der Waals surface area contributed by atoms with Crippen molar-refractivity contribution >= 4 is 23.4 Å². The highest BCUT2D eigenvalue weighted by atomic mass is 32.2. The van der Waals surface area contributed by atoms with Gasteiger partial charge in [0.1, 0.15) is 5.82 Å². The topological polar surface area (TPSA) is 77.6 Å². The zero-order chi connectivity index (χ0) is 22.8. The monoisotopic (exact) mass is 446 g/mol. The minimum absolute atomic E-state index is 0.110. The van der Waals surface area contributed by atoms with Gasteiger partial charge in [-0.1, -0.05) is 47.7 Å². The van der Waals surface area contributed by atoms with Gasteiger partial charge in [0.15, 0.2) is 5.16 Å². The number of para-hydroxylation sites is 1. The van der Waals surface area contributed by atoms with Crippen LogP contribution in [0.1, 0.15) is 28.3 Å². The van der Waals surface area contributed by atoms with Crippen LogP contribution >= 0.6 is 11.8 Å². The lowest BCUT2D eigenvalue weighted by molar-refractivity contribution is -0.113. The number of anilines is 1. The summed E-state index contributed by atoms with van der Waals surface area (Å²) in [6.07, 6.45) is 0. The maximum atomic E-state index is 12.8. The minimum atomic E-state index is -0.110. The Kier molecular flexibility index (Phi) is 6.14. The number of amides is 1. The van der Waals surface area contributed by atoms with Crippen LogP contribution in [-0.4, -0.2) is 36.2 Å². The summed E-state index contributed by atoms with van der Waals surface area (Å²) in [4.78, 5) is 12.8. The second-order valence-electron chi connectivity index (χ2n) is 7.78. The Bertz CT molecular complexity index is 1270. The van der Waals surface area contributed by atoms with Crippen LogP contribution in [0.2, 0.25) is 0 Å². The van der Waals surface area contributed by atoms with Crippen molar-refractivity contribution in [2.45, 2.75) is 39.8 Å². The van der Waals surface area contributed by atoms with Crippen LogP contribution in [0.4, 0.5) is 5.69 Å². The zero-order valence-electron chi connectivity index (χ0n) is 18.9. The predicted molar refractivity (Wildman–Crippen MR) is 128 cm³/mol. The number of hydrogen-bond donors (Lipinski definition) is 1. The molecule has 0 atom stereocenters. The van der Waals surface area contributed by atoms with E-state index in [0.29, 0.717) is 5.16 Å². The van der Waals surface area contributed by atoms with Gasteiger partial charge in [0.25, 0.3) is 0 Å². The zero-order valence-corrected chi connectivity index (χ0v) is 19.7. The van der Waals surface area contributed by atoms with Gasteiger partial charge < -0.3 is 5.32 Å². The number of benzene rings is 2. The number of aromatic nitrogens is 5. The Morgan fingerprint density at radius 3 is 2.41 bits per heavy atom. The standard InChI is InChI=1S/C24H26N6OS/c1-15-10-12-20(13-11-15)30-18(4)23(17(3)28-30)25-22(31)14-32-24-27-26-19(5)29(24)21-9-7-6-8-16(21)2/h6-13H,14H2,1-5H3,(H,25,31). The van der Waals surface area contributed by atoms with E-state index in [4.69, 9.17) is 0 Å². The smallest absolute Gasteiger partial charge is 0.234 e. The summed E-state index contributed by atoms with van der Waals surface area (Å²) in [7, 11) is 0. The summed E-state index contributed by atoms with van der Waals surface area (Å²) >= 11 is 1.37. The molecule has 0 saturated carbocycles. The lowest BCUT2D eigenvalue weighted by Gasteiger charge is -2.11. The maximum Gasteiger partial charge on any atom is 0.234 e. The van der Waals surface area contributed by atoms with E-state index in [2.05, 4.69) is 27.5 Å². The SMILES string of the molecule is Cc1ccc(-n2nc(C)c(NC(=O)CSc3nnc(C)n3-c3ccccc3C)c2C)cc1. The first kappa shape index (κ1) is 21.8. The second-order valence-corrected chi connectivity index (χ2v) is 8.72. The number of aryl methyl sites for hydroxylation is 4. The quantitative estimate of drug-likeness (QED) is 0.434. The Hall–Kier alpha value is -3.39. The molecular formula is C24H26N6OS. The molecule has 2 heterocycles. The average Bonchev–Trinajstić information content (AvgIpc) is 3.27. The highest BCUT2D eigenvalue weighted by Crippen LogP contribution is 2.26. The van der Waals surface area contributed by atoms with Crippen LogP contribution < -0.4 is 5.32 Å². The first-order valence-corrected chi connectivity index (χ1v) is 11.4. The summed E-state index contributed by atoms with van der Waals surface area (Å²) in [6.45, 7) is 9.87. The molecule has 0 spiro atoms. The van der Waals surface area contributed by atoms with Crippen molar-refractivity contribution in [3.63, 3.8) is 0 Å². The van der Waals surface area contributed by atoms with E-state index in [1.165, 1.54) is 17.3 Å². The normalized spacial score (nSPS) is 11.0. The average molecular weight is 447 g/mol. The van der Waals surface area contributed by atoms with E-state index in [-0.39, 0.29) is 11.7 Å². The lowest BCUT2D eigenvalue weighted by atomic mass is 10.2. The van der Waals surface area contributed by atoms with Crippen LogP contribution in [0, 0.1) is 34.6 Å². The highest BCUT2D eigenvalue weighted by molar-refractivity contribution is 7.99. The molecule has 4 rings (SSSR count). The Morgan fingerprint density at radius 2 is 1.69 bits per heavy atom. The molecule has 0 saturated heterocycles. The fraction of sp³-hybridized carbons (Fsp3) is 0.250. The van der Waals surface area contributed by atoms with Gasteiger partial charge in [0.2, 0.25) is 5.91 Å². The van der Waals surface area contributed by atoms with Crippen LogP contribution in [-0.2, 0) is 4.79 Å². The molecule has 0 aliphatic carbocycles. The van der Waals surface area contributed by atoms with Gasteiger partial charge in [-0.25, -0.2) is 4.68 Å². The number of rotatable bonds is 6. The fourth-order valence-corrected chi connectivity index (χ4v) is 4.39. The van der Waals surface area contributed by atoms with Gasteiger partial charge in [-0.05, 0) is 58.4 Å². The van der Waals surface area contributed by atoms with E-state index in [9.17, 15) is 4.79 Å². The molecule has 0 radical (unpaired) electrons. The van der Waals surface area contributed by atoms with Gasteiger partial charge in [0.05, 0.1) is 34.2 Å². The number of nitrogens with one attached hydrogen (secondary N) is 1. The Balaban J connectivity index is 1.49. The fourth-order valence-electron chi connectivity index (χ4n) is 3.59. The molecular weight excluding hydrogens is 420 g/mol. The van der Waals surface area contributed by atoms with Crippen molar-refractivity contribution in [3.05, 3.63) is 76.9 Å². The first-order valence-electron chi connectivity index (χ1n) is 10.4. The highest BCUT2D eigenvalue weighted by Gasteiger charge is 2.18. The van der Waals surface area contributed by atoms with Crippen molar-refractivity contribution in [2.24, 2.45) is 0 Å². The molecule has 0 aliphatic heterocycles. The Morgan fingerprint density at radius 1 is 0.969 bits per heavy atom. The number of thioether (sulfide) groups is 1. The molecule has 0 fully saturated rings. The summed E-state index contributed by atoms with van der Waals surface area (Å²) < 4.78 is 3.84. The lowest BCUT2D eigenvalue weighted by Crippen LogP contribution is -2.16. The molecule has 0 aliphatic rings. The van der Waals surface area contributed by atoms with E-state index in [0.717, 1.165) is 39.8 Å². The molecule has 2 aromatic heterocycles. The van der Waals surface area contributed by atoms with Crippen molar-refractivity contribution in [1.82, 2.24) is 24.5 Å². The van der Waals surface area contributed by atoms with E-state index in [1.807, 2.05) is 85.5 Å². The van der Waals surface area contributed by atoms with Crippen LogP contribution in [0.3, 0.4) is 0 Å². The van der Waals surface area contributed by atoms with E-state index in [1.54, 1.807) is 0 Å². The van der Waals surface area contributed by atoms with Crippen molar-refractivity contribution in [3.8, 4) is 11.4 Å². The van der Waals surface area contributed by atoms with E-state index < -0.39 is 0 Å². The molecule has 4 aromatic rings. The molecule has 32 heavy (non-hydrogen) atoms. The first-order chi connectivity index (χ1) is 15.3. The minimum Gasteiger partial charge on any atom is -0.322 e. The Labute approximate surface area is 191 Å². The third kappa shape index (κ3) is 4.31. The van der Waals surface area contributed by atoms with Gasteiger partial charge in [0, 0.05) is 0 Å². The molecule has 1 N–H and O–H groups in total. The van der Waals surface area contributed by atoms with Gasteiger partial charge >= 0.3 is 0 Å². The predicted octanol–water partition coefficient (Wildman–Crippen LogP) is 4.73. The summed E-state index contributed by atoms with van der Waals surface area (Å²) in [5.41, 5.74) is 6.71. The molecule has 0 bridgehead atoms. The van der Waals surface area contributed by atoms with Crippen LogP contribution in [0.25, 0.3) is 11.4 Å². The summed E-state index contributed by atoms with van der Waals surface area (Å²) in [6, 6.07) is 16.2. The third-order valence-electron chi connectivity index (χ3n) is 5.32. The summed E-state index contributed by atoms with van der Waals surface area (Å²) in [5, 5.41) is 16.8. The molecule has 0 unspecified atom stereocenters. The largest absolute Gasteiger partial charge is 0.322 e. The number of carbonyl (C=O) groups excluding carboxylic acids is 1. The number of carbonyl (C=O) groups is 1.